The molecular weight excluding hydrogens is 304 g/mol. The van der Waals surface area contributed by atoms with Gasteiger partial charge < -0.3 is 10.1 Å². The smallest absolute Gasteiger partial charge is 0.243 e. The third-order valence-corrected chi connectivity index (χ3v) is 6.13. The van der Waals surface area contributed by atoms with Gasteiger partial charge in [0.15, 0.2) is 0 Å². The highest BCUT2D eigenvalue weighted by Crippen LogP contribution is 2.27. The third-order valence-electron chi connectivity index (χ3n) is 4.07. The Morgan fingerprint density at radius 3 is 2.45 bits per heavy atom. The zero-order valence-corrected chi connectivity index (χ0v) is 13.9. The predicted octanol–water partition coefficient (Wildman–Crippen LogP) is 1.15. The molecule has 1 aromatic rings. The maximum absolute atomic E-state index is 12.7. The van der Waals surface area contributed by atoms with E-state index < -0.39 is 10.0 Å². The Morgan fingerprint density at radius 1 is 1.32 bits per heavy atom. The van der Waals surface area contributed by atoms with E-state index in [9.17, 15) is 13.2 Å². The molecule has 0 atom stereocenters. The summed E-state index contributed by atoms with van der Waals surface area (Å²) in [6.45, 7) is 2.49. The number of aryl methyl sites for hydroxylation is 1. The molecule has 1 saturated heterocycles. The number of sulfonamides is 1. The van der Waals surface area contributed by atoms with E-state index >= 15 is 0 Å². The highest BCUT2D eigenvalue weighted by atomic mass is 32.2. The van der Waals surface area contributed by atoms with E-state index in [0.29, 0.717) is 42.1 Å². The Hall–Kier alpha value is -1.60. The van der Waals surface area contributed by atoms with Crippen LogP contribution in [0.4, 0.5) is 0 Å². The first-order valence-corrected chi connectivity index (χ1v) is 8.70. The number of carbonyl (C=O) groups is 1. The molecule has 0 aliphatic carbocycles. The number of hydrogen-bond acceptors (Lipinski definition) is 4. The Labute approximate surface area is 131 Å². The summed E-state index contributed by atoms with van der Waals surface area (Å²) in [6.07, 6.45) is 1.10. The van der Waals surface area contributed by atoms with Crippen LogP contribution in [0.3, 0.4) is 0 Å². The molecule has 1 amide bonds. The lowest BCUT2D eigenvalue weighted by molar-refractivity contribution is -0.125. The van der Waals surface area contributed by atoms with E-state index in [4.69, 9.17) is 4.74 Å². The zero-order valence-electron chi connectivity index (χ0n) is 13.1. The maximum atomic E-state index is 12.7. The van der Waals surface area contributed by atoms with Crippen LogP contribution < -0.4 is 10.1 Å². The number of nitrogens with zero attached hydrogens (tertiary/aromatic N) is 1. The van der Waals surface area contributed by atoms with Gasteiger partial charge in [-0.05, 0) is 43.5 Å². The normalized spacial score (nSPS) is 17.2. The summed E-state index contributed by atoms with van der Waals surface area (Å²) in [5.74, 6) is 0.515. The topological polar surface area (TPSA) is 75.7 Å². The number of rotatable bonds is 4. The van der Waals surface area contributed by atoms with Crippen molar-refractivity contribution in [1.29, 1.82) is 0 Å². The van der Waals surface area contributed by atoms with Gasteiger partial charge in [-0.15, -0.1) is 0 Å². The number of benzene rings is 1. The highest BCUT2D eigenvalue weighted by molar-refractivity contribution is 7.89. The van der Waals surface area contributed by atoms with Gasteiger partial charge in [0, 0.05) is 26.1 Å². The summed E-state index contributed by atoms with van der Waals surface area (Å²) >= 11 is 0. The van der Waals surface area contributed by atoms with Crippen LogP contribution >= 0.6 is 0 Å². The highest BCUT2D eigenvalue weighted by Gasteiger charge is 2.32. The summed E-state index contributed by atoms with van der Waals surface area (Å²) < 4.78 is 32.0. The van der Waals surface area contributed by atoms with Crippen LogP contribution in [0.1, 0.15) is 18.4 Å². The van der Waals surface area contributed by atoms with Gasteiger partial charge in [-0.2, -0.15) is 4.31 Å². The molecule has 1 aliphatic rings. The number of methoxy groups -OCH3 is 1. The molecule has 1 N–H and O–H groups in total. The lowest BCUT2D eigenvalue weighted by atomic mass is 9.97. The number of ether oxygens (including phenoxy) is 1. The van der Waals surface area contributed by atoms with Crippen molar-refractivity contribution in [3.63, 3.8) is 0 Å². The van der Waals surface area contributed by atoms with Crippen molar-refractivity contribution in [1.82, 2.24) is 9.62 Å². The first-order chi connectivity index (χ1) is 10.4. The minimum Gasteiger partial charge on any atom is -0.497 e. The molecule has 6 nitrogen and oxygen atoms in total. The van der Waals surface area contributed by atoms with E-state index in [1.54, 1.807) is 39.3 Å². The fourth-order valence-electron chi connectivity index (χ4n) is 2.74. The molecule has 1 fully saturated rings. The molecule has 22 heavy (non-hydrogen) atoms. The number of hydrogen-bond donors (Lipinski definition) is 1. The van der Waals surface area contributed by atoms with Crippen LogP contribution in [0.15, 0.2) is 23.1 Å². The van der Waals surface area contributed by atoms with Crippen LogP contribution in [0.2, 0.25) is 0 Å². The number of piperidine rings is 1. The van der Waals surface area contributed by atoms with Crippen molar-refractivity contribution in [2.75, 3.05) is 27.2 Å². The van der Waals surface area contributed by atoms with Gasteiger partial charge in [0.05, 0.1) is 12.0 Å². The van der Waals surface area contributed by atoms with Crippen LogP contribution in [-0.4, -0.2) is 45.9 Å². The standard InChI is InChI=1S/C15H22N2O4S/c1-11-10-13(21-3)4-5-14(11)22(19,20)17-8-6-12(7-9-17)15(18)16-2/h4-5,10,12H,6-9H2,1-3H3,(H,16,18). The monoisotopic (exact) mass is 326 g/mol. The van der Waals surface area contributed by atoms with Gasteiger partial charge in [0.1, 0.15) is 5.75 Å². The van der Waals surface area contributed by atoms with Crippen LogP contribution in [0.25, 0.3) is 0 Å². The average Bonchev–Trinajstić information content (AvgIpc) is 2.53. The van der Waals surface area contributed by atoms with E-state index in [2.05, 4.69) is 5.32 Å². The summed E-state index contributed by atoms with van der Waals surface area (Å²) in [6, 6.07) is 4.94. The van der Waals surface area contributed by atoms with E-state index in [0.717, 1.165) is 0 Å². The predicted molar refractivity (Wildman–Crippen MR) is 83.3 cm³/mol. The Morgan fingerprint density at radius 2 is 1.95 bits per heavy atom. The first kappa shape index (κ1) is 16.8. The molecule has 0 bridgehead atoms. The Kier molecular flexibility index (Phi) is 5.08. The van der Waals surface area contributed by atoms with Crippen molar-refractivity contribution < 1.29 is 17.9 Å². The lowest BCUT2D eigenvalue weighted by Crippen LogP contribution is -2.42. The molecule has 0 unspecified atom stereocenters. The molecular formula is C15H22N2O4S. The SMILES string of the molecule is CNC(=O)C1CCN(S(=O)(=O)c2ccc(OC)cc2C)CC1. The summed E-state index contributed by atoms with van der Waals surface area (Å²) in [5.41, 5.74) is 0.660. The molecule has 122 valence electrons. The molecule has 1 heterocycles. The maximum Gasteiger partial charge on any atom is 0.243 e. The van der Waals surface area contributed by atoms with Gasteiger partial charge in [0.2, 0.25) is 15.9 Å². The molecule has 7 heteroatoms. The van der Waals surface area contributed by atoms with Gasteiger partial charge >= 0.3 is 0 Å². The molecule has 2 rings (SSSR count). The second kappa shape index (κ2) is 6.66. The average molecular weight is 326 g/mol. The molecule has 1 aliphatic heterocycles. The lowest BCUT2D eigenvalue weighted by Gasteiger charge is -2.30. The zero-order chi connectivity index (χ0) is 16.3. The van der Waals surface area contributed by atoms with Crippen molar-refractivity contribution >= 4 is 15.9 Å². The molecule has 0 saturated carbocycles. The van der Waals surface area contributed by atoms with E-state index in [-0.39, 0.29) is 11.8 Å². The Bertz CT molecular complexity index is 650. The van der Waals surface area contributed by atoms with E-state index in [1.165, 1.54) is 4.31 Å². The summed E-state index contributed by atoms with van der Waals surface area (Å²) in [5, 5.41) is 2.62. The van der Waals surface area contributed by atoms with Crippen molar-refractivity contribution in [3.8, 4) is 5.75 Å². The minimum atomic E-state index is -3.53. The Balaban J connectivity index is 2.17. The molecule has 1 aromatic carbocycles. The largest absolute Gasteiger partial charge is 0.497 e. The summed E-state index contributed by atoms with van der Waals surface area (Å²) in [7, 11) is -0.376. The van der Waals surface area contributed by atoms with Crippen molar-refractivity contribution in [2.24, 2.45) is 5.92 Å². The second-order valence-corrected chi connectivity index (χ2v) is 7.33. The van der Waals surface area contributed by atoms with Gasteiger partial charge in [-0.3, -0.25) is 4.79 Å². The van der Waals surface area contributed by atoms with Crippen LogP contribution in [0, 0.1) is 12.8 Å². The first-order valence-electron chi connectivity index (χ1n) is 7.26. The van der Waals surface area contributed by atoms with Crippen LogP contribution in [0.5, 0.6) is 5.75 Å². The third kappa shape index (κ3) is 3.25. The minimum absolute atomic E-state index is 0.0160. The number of amides is 1. The summed E-state index contributed by atoms with van der Waals surface area (Å²) in [4.78, 5) is 11.9. The number of nitrogens with one attached hydrogen (secondary N) is 1. The van der Waals surface area contributed by atoms with Crippen LogP contribution in [-0.2, 0) is 14.8 Å². The molecule has 0 radical (unpaired) electrons. The van der Waals surface area contributed by atoms with Gasteiger partial charge in [0.25, 0.3) is 0 Å². The fraction of sp³-hybridized carbons (Fsp3) is 0.533. The van der Waals surface area contributed by atoms with Gasteiger partial charge in [-0.1, -0.05) is 0 Å². The second-order valence-electron chi connectivity index (χ2n) is 5.42. The number of carbonyl (C=O) groups excluding carboxylic acids is 1. The van der Waals surface area contributed by atoms with Crippen molar-refractivity contribution in [3.05, 3.63) is 23.8 Å². The molecule has 0 spiro atoms. The van der Waals surface area contributed by atoms with Gasteiger partial charge in [-0.25, -0.2) is 8.42 Å². The van der Waals surface area contributed by atoms with E-state index in [1.807, 2.05) is 0 Å². The quantitative estimate of drug-likeness (QED) is 0.900. The molecule has 0 aromatic heterocycles. The van der Waals surface area contributed by atoms with Crippen molar-refractivity contribution in [2.45, 2.75) is 24.7 Å². The fourth-order valence-corrected chi connectivity index (χ4v) is 4.42.